The highest BCUT2D eigenvalue weighted by Gasteiger charge is 2.48. The van der Waals surface area contributed by atoms with Crippen molar-refractivity contribution >= 4 is 17.8 Å². The van der Waals surface area contributed by atoms with Gasteiger partial charge in [0.15, 0.2) is 0 Å². The first-order valence-electron chi connectivity index (χ1n) is 11.8. The summed E-state index contributed by atoms with van der Waals surface area (Å²) in [7, 11) is 0. The molecule has 9 heteroatoms. The number of rotatable bonds is 6. The van der Waals surface area contributed by atoms with Gasteiger partial charge in [-0.25, -0.2) is 9.78 Å². The first kappa shape index (κ1) is 22.5. The molecular formula is C25H30N4O5. The molecule has 9 nitrogen and oxygen atoms in total. The van der Waals surface area contributed by atoms with Crippen LogP contribution < -0.4 is 10.6 Å². The molecular weight excluding hydrogens is 436 g/mol. The van der Waals surface area contributed by atoms with E-state index in [-0.39, 0.29) is 24.7 Å². The third-order valence-electron chi connectivity index (χ3n) is 7.67. The summed E-state index contributed by atoms with van der Waals surface area (Å²) < 4.78 is 0. The van der Waals surface area contributed by atoms with E-state index in [9.17, 15) is 24.9 Å². The normalized spacial score (nSPS) is 21.7. The lowest BCUT2D eigenvalue weighted by atomic mass is 9.54. The topological polar surface area (TPSA) is 135 Å². The van der Waals surface area contributed by atoms with Crippen LogP contribution in [0.1, 0.15) is 53.6 Å². The number of carboxylic acid groups (broad SMARTS) is 1. The fourth-order valence-corrected chi connectivity index (χ4v) is 5.62. The Balaban J connectivity index is 1.18. The number of fused-ring (bicyclic) bond motifs is 1. The zero-order valence-electron chi connectivity index (χ0n) is 18.9. The number of anilines is 1. The van der Waals surface area contributed by atoms with E-state index in [1.807, 2.05) is 0 Å². The maximum Gasteiger partial charge on any atom is 0.407 e. The van der Waals surface area contributed by atoms with Gasteiger partial charge in [-0.2, -0.15) is 0 Å². The van der Waals surface area contributed by atoms with Gasteiger partial charge in [-0.15, -0.1) is 0 Å². The molecule has 2 atom stereocenters. The summed E-state index contributed by atoms with van der Waals surface area (Å²) >= 11 is 0. The molecule has 0 bridgehead atoms. The van der Waals surface area contributed by atoms with Gasteiger partial charge in [0.05, 0.1) is 12.1 Å². The van der Waals surface area contributed by atoms with Gasteiger partial charge >= 0.3 is 6.09 Å². The second kappa shape index (κ2) is 8.79. The number of nitrogens with one attached hydrogen (secondary N) is 2. The van der Waals surface area contributed by atoms with Gasteiger partial charge in [-0.3, -0.25) is 9.69 Å². The van der Waals surface area contributed by atoms with Crippen LogP contribution in [0, 0.1) is 5.41 Å². The minimum Gasteiger partial charge on any atom is -0.508 e. The number of carbonyl (C=O) groups is 2. The van der Waals surface area contributed by atoms with Gasteiger partial charge in [0.2, 0.25) is 0 Å². The number of hydrogen-bond acceptors (Lipinski definition) is 6. The van der Waals surface area contributed by atoms with E-state index < -0.39 is 18.2 Å². The number of aliphatic hydroxyl groups is 1. The van der Waals surface area contributed by atoms with Crippen LogP contribution in [-0.2, 0) is 13.0 Å². The van der Waals surface area contributed by atoms with Gasteiger partial charge in [-0.1, -0.05) is 12.5 Å². The minimum absolute atomic E-state index is 0.0660. The number of aromatic hydroxyl groups is 1. The SMILES string of the molecule is O=C(NC[C@@H](O)[C@@H]1Cc2ccc(O)cc2CN1C(=O)O)c1ccnc(NC2CC3(CCC3)C2)c1. The van der Waals surface area contributed by atoms with Crippen molar-refractivity contribution in [2.24, 2.45) is 5.41 Å². The summed E-state index contributed by atoms with van der Waals surface area (Å²) in [5, 5.41) is 36.2. The molecule has 2 fully saturated rings. The van der Waals surface area contributed by atoms with E-state index in [4.69, 9.17) is 0 Å². The quantitative estimate of drug-likeness (QED) is 0.442. The van der Waals surface area contributed by atoms with Crippen molar-refractivity contribution in [3.8, 4) is 5.75 Å². The summed E-state index contributed by atoms with van der Waals surface area (Å²) in [6, 6.07) is 7.84. The summed E-state index contributed by atoms with van der Waals surface area (Å²) in [5.41, 5.74) is 2.56. The van der Waals surface area contributed by atoms with Crippen molar-refractivity contribution in [2.45, 2.75) is 63.3 Å². The predicted molar refractivity (Wildman–Crippen MR) is 125 cm³/mol. The lowest BCUT2D eigenvalue weighted by molar-refractivity contribution is 0.0191. The molecule has 2 heterocycles. The number of amides is 2. The van der Waals surface area contributed by atoms with Crippen LogP contribution in [0.4, 0.5) is 10.6 Å². The number of carbonyl (C=O) groups excluding carboxylic acids is 1. The van der Waals surface area contributed by atoms with E-state index in [2.05, 4.69) is 15.6 Å². The van der Waals surface area contributed by atoms with E-state index >= 15 is 0 Å². The largest absolute Gasteiger partial charge is 0.508 e. The number of phenols is 1. The van der Waals surface area contributed by atoms with Gasteiger partial charge in [0, 0.05) is 30.9 Å². The summed E-state index contributed by atoms with van der Waals surface area (Å²) in [6.07, 6.45) is 5.91. The fraction of sp³-hybridized carbons (Fsp3) is 0.480. The smallest absolute Gasteiger partial charge is 0.407 e. The Kier molecular flexibility index (Phi) is 5.81. The Morgan fingerprint density at radius 1 is 1.18 bits per heavy atom. The van der Waals surface area contributed by atoms with Gasteiger partial charge in [-0.05, 0) is 72.9 Å². The number of aromatic nitrogens is 1. The lowest BCUT2D eigenvalue weighted by Crippen LogP contribution is -2.53. The zero-order valence-corrected chi connectivity index (χ0v) is 18.9. The Hall–Kier alpha value is -3.33. The molecule has 0 saturated heterocycles. The molecule has 0 unspecified atom stereocenters. The Labute approximate surface area is 197 Å². The molecule has 0 radical (unpaired) electrons. The molecule has 1 aromatic heterocycles. The Bertz CT molecular complexity index is 1090. The second-order valence-corrected chi connectivity index (χ2v) is 9.95. The Morgan fingerprint density at radius 3 is 2.68 bits per heavy atom. The monoisotopic (exact) mass is 466 g/mol. The van der Waals surface area contributed by atoms with Gasteiger partial charge in [0.25, 0.3) is 5.91 Å². The fourth-order valence-electron chi connectivity index (χ4n) is 5.62. The molecule has 180 valence electrons. The van der Waals surface area contributed by atoms with E-state index in [0.29, 0.717) is 34.8 Å². The molecule has 1 aromatic carbocycles. The summed E-state index contributed by atoms with van der Waals surface area (Å²) in [6.45, 7) is -0.0203. The van der Waals surface area contributed by atoms with Crippen LogP contribution >= 0.6 is 0 Å². The molecule has 34 heavy (non-hydrogen) atoms. The van der Waals surface area contributed by atoms with Crippen LogP contribution in [-0.4, -0.2) is 61.9 Å². The van der Waals surface area contributed by atoms with Crippen molar-refractivity contribution in [1.82, 2.24) is 15.2 Å². The molecule has 5 rings (SSSR count). The van der Waals surface area contributed by atoms with Gasteiger partial charge < -0.3 is 26.0 Å². The van der Waals surface area contributed by atoms with Crippen LogP contribution in [0.25, 0.3) is 0 Å². The molecule has 3 aliphatic rings. The van der Waals surface area contributed by atoms with Crippen LogP contribution in [0.3, 0.4) is 0 Å². The highest BCUT2D eigenvalue weighted by molar-refractivity contribution is 5.94. The van der Waals surface area contributed by atoms with Gasteiger partial charge in [0.1, 0.15) is 11.6 Å². The molecule has 1 spiro atoms. The molecule has 1 aliphatic heterocycles. The highest BCUT2D eigenvalue weighted by atomic mass is 16.4. The number of aliphatic hydroxyl groups excluding tert-OH is 1. The first-order valence-corrected chi connectivity index (χ1v) is 11.8. The third kappa shape index (κ3) is 4.40. The maximum atomic E-state index is 12.7. The molecule has 2 amide bonds. The van der Waals surface area contributed by atoms with Crippen molar-refractivity contribution in [1.29, 1.82) is 0 Å². The molecule has 2 aromatic rings. The zero-order chi connectivity index (χ0) is 23.9. The number of benzene rings is 1. The minimum atomic E-state index is -1.16. The van der Waals surface area contributed by atoms with Crippen molar-refractivity contribution in [2.75, 3.05) is 11.9 Å². The van der Waals surface area contributed by atoms with E-state index in [0.717, 1.165) is 23.3 Å². The molecule has 2 saturated carbocycles. The number of hydrogen-bond donors (Lipinski definition) is 5. The predicted octanol–water partition coefficient (Wildman–Crippen LogP) is 2.73. The highest BCUT2D eigenvalue weighted by Crippen LogP contribution is 2.56. The van der Waals surface area contributed by atoms with Crippen LogP contribution in [0.2, 0.25) is 0 Å². The first-order chi connectivity index (χ1) is 16.3. The van der Waals surface area contributed by atoms with Crippen LogP contribution in [0.5, 0.6) is 5.75 Å². The second-order valence-electron chi connectivity index (χ2n) is 9.95. The maximum absolute atomic E-state index is 12.7. The summed E-state index contributed by atoms with van der Waals surface area (Å²) in [5.74, 6) is 0.384. The average Bonchev–Trinajstić information content (AvgIpc) is 2.77. The molecule has 2 aliphatic carbocycles. The van der Waals surface area contributed by atoms with Crippen molar-refractivity contribution < 1.29 is 24.9 Å². The average molecular weight is 467 g/mol. The number of phenolic OH excluding ortho intramolecular Hbond substituents is 1. The van der Waals surface area contributed by atoms with Crippen molar-refractivity contribution in [3.63, 3.8) is 0 Å². The number of nitrogens with zero attached hydrogens (tertiary/aromatic N) is 2. The van der Waals surface area contributed by atoms with E-state index in [1.54, 1.807) is 36.5 Å². The van der Waals surface area contributed by atoms with Crippen LogP contribution in [0.15, 0.2) is 36.5 Å². The summed E-state index contributed by atoms with van der Waals surface area (Å²) in [4.78, 5) is 30.0. The van der Waals surface area contributed by atoms with E-state index in [1.165, 1.54) is 19.3 Å². The third-order valence-corrected chi connectivity index (χ3v) is 7.67. The standard InChI is InChI=1S/C25H30N4O5/c30-19-3-2-15-9-20(29(24(33)34)14-17(15)8-19)21(31)13-27-23(32)16-4-7-26-22(10-16)28-18-11-25(12-18)5-1-6-25/h2-4,7-8,10,18,20-21,30-31H,1,5-6,9,11-14H2,(H,26,28)(H,27,32)(H,33,34)/t20-,21+/m0/s1. The Morgan fingerprint density at radius 2 is 1.97 bits per heavy atom. The lowest BCUT2D eigenvalue weighted by Gasteiger charge is -2.54. The molecule has 5 N–H and O–H groups in total. The van der Waals surface area contributed by atoms with Crippen molar-refractivity contribution in [3.05, 3.63) is 53.2 Å². The number of pyridine rings is 1.